The zero-order valence-corrected chi connectivity index (χ0v) is 10.3. The van der Waals surface area contributed by atoms with E-state index >= 15 is 0 Å². The largest absolute Gasteiger partial charge is 0.492 e. The van der Waals surface area contributed by atoms with Crippen LogP contribution in [0.25, 0.3) is 11.4 Å². The fraction of sp³-hybridized carbons (Fsp3) is 0.0909. The van der Waals surface area contributed by atoms with Gasteiger partial charge in [0, 0.05) is 5.02 Å². The molecular weight excluding hydrogens is 266 g/mol. The molecule has 2 rings (SSSR count). The van der Waals surface area contributed by atoms with Crippen molar-refractivity contribution in [1.29, 1.82) is 0 Å². The van der Waals surface area contributed by atoms with Crippen LogP contribution < -0.4 is 4.74 Å². The highest BCUT2D eigenvalue weighted by molar-refractivity contribution is 6.31. The van der Waals surface area contributed by atoms with Crippen molar-refractivity contribution in [3.05, 3.63) is 40.4 Å². The van der Waals surface area contributed by atoms with Crippen LogP contribution in [0.2, 0.25) is 10.2 Å². The number of rotatable bonds is 2. The Morgan fingerprint density at radius 2 is 2.06 bits per heavy atom. The summed E-state index contributed by atoms with van der Waals surface area (Å²) in [5.74, 6) is 0.0317. The summed E-state index contributed by atoms with van der Waals surface area (Å²) in [5.41, 5.74) is 0.196. The van der Waals surface area contributed by atoms with E-state index in [-0.39, 0.29) is 16.5 Å². The third-order valence-corrected chi connectivity index (χ3v) is 2.61. The van der Waals surface area contributed by atoms with Crippen LogP contribution in [0, 0.1) is 5.82 Å². The predicted molar refractivity (Wildman–Crippen MR) is 64.0 cm³/mol. The van der Waals surface area contributed by atoms with Crippen LogP contribution in [0.15, 0.2) is 24.4 Å². The summed E-state index contributed by atoms with van der Waals surface area (Å²) in [7, 11) is 1.45. The molecule has 0 bridgehead atoms. The van der Waals surface area contributed by atoms with E-state index < -0.39 is 5.82 Å². The Labute approximate surface area is 107 Å². The molecule has 1 aromatic carbocycles. The second-order valence-electron chi connectivity index (χ2n) is 3.18. The average molecular weight is 273 g/mol. The number of aromatic nitrogens is 2. The number of hydrogen-bond donors (Lipinski definition) is 0. The van der Waals surface area contributed by atoms with Gasteiger partial charge in [0.1, 0.15) is 5.82 Å². The molecule has 6 heteroatoms. The van der Waals surface area contributed by atoms with E-state index in [0.717, 1.165) is 0 Å². The van der Waals surface area contributed by atoms with Crippen LogP contribution in [0.4, 0.5) is 4.39 Å². The maximum absolute atomic E-state index is 13.6. The first-order valence-corrected chi connectivity index (χ1v) is 5.39. The molecule has 3 nitrogen and oxygen atoms in total. The molecule has 17 heavy (non-hydrogen) atoms. The number of ether oxygens (including phenoxy) is 1. The number of methoxy groups -OCH3 is 1. The summed E-state index contributed by atoms with van der Waals surface area (Å²) in [6, 6.07) is 4.14. The normalized spacial score (nSPS) is 10.4. The Morgan fingerprint density at radius 3 is 2.71 bits per heavy atom. The molecule has 0 aliphatic heterocycles. The lowest BCUT2D eigenvalue weighted by molar-refractivity contribution is 0.411. The van der Waals surface area contributed by atoms with E-state index in [4.69, 9.17) is 27.9 Å². The van der Waals surface area contributed by atoms with Gasteiger partial charge in [0.05, 0.1) is 18.9 Å². The second-order valence-corrected chi connectivity index (χ2v) is 3.97. The molecule has 0 fully saturated rings. The fourth-order valence-corrected chi connectivity index (χ4v) is 1.66. The van der Waals surface area contributed by atoms with Gasteiger partial charge >= 0.3 is 0 Å². The fourth-order valence-electron chi connectivity index (χ4n) is 1.29. The minimum absolute atomic E-state index is 0.122. The molecule has 1 heterocycles. The monoisotopic (exact) mass is 272 g/mol. The van der Waals surface area contributed by atoms with Crippen molar-refractivity contribution in [2.24, 2.45) is 0 Å². The Bertz CT molecular complexity index is 563. The van der Waals surface area contributed by atoms with Gasteiger partial charge in [-0.15, -0.1) is 0 Å². The molecule has 0 aliphatic rings. The highest BCUT2D eigenvalue weighted by atomic mass is 35.5. The summed E-state index contributed by atoms with van der Waals surface area (Å²) in [6.07, 6.45) is 1.38. The molecule has 0 amide bonds. The first kappa shape index (κ1) is 12.1. The average Bonchev–Trinajstić information content (AvgIpc) is 2.32. The molecule has 0 radical (unpaired) electrons. The van der Waals surface area contributed by atoms with E-state index in [9.17, 15) is 4.39 Å². The lowest BCUT2D eigenvalue weighted by Gasteiger charge is -2.05. The minimum Gasteiger partial charge on any atom is -0.492 e. The SMILES string of the molecule is COc1cnc(-c2cc(Cl)ccc2F)nc1Cl. The topological polar surface area (TPSA) is 35.0 Å². The summed E-state index contributed by atoms with van der Waals surface area (Å²) in [5, 5.41) is 0.522. The standard InChI is InChI=1S/C11H7Cl2FN2O/c1-17-9-5-15-11(16-10(9)13)7-4-6(12)2-3-8(7)14/h2-5H,1H3. The zero-order chi connectivity index (χ0) is 12.4. The van der Waals surface area contributed by atoms with Crippen LogP contribution >= 0.6 is 23.2 Å². The molecule has 1 aromatic heterocycles. The van der Waals surface area contributed by atoms with Gasteiger partial charge in [-0.25, -0.2) is 14.4 Å². The lowest BCUT2D eigenvalue weighted by Crippen LogP contribution is -1.95. The molecule has 0 saturated carbocycles. The van der Waals surface area contributed by atoms with Crippen LogP contribution in [0.5, 0.6) is 5.75 Å². The van der Waals surface area contributed by atoms with E-state index in [1.165, 1.54) is 31.5 Å². The summed E-state index contributed by atoms with van der Waals surface area (Å²) < 4.78 is 18.5. The Kier molecular flexibility index (Phi) is 3.45. The van der Waals surface area contributed by atoms with E-state index in [0.29, 0.717) is 10.8 Å². The van der Waals surface area contributed by atoms with Crippen LogP contribution in [-0.2, 0) is 0 Å². The molecule has 2 aromatic rings. The van der Waals surface area contributed by atoms with Crippen molar-refractivity contribution in [2.45, 2.75) is 0 Å². The highest BCUT2D eigenvalue weighted by Gasteiger charge is 2.11. The van der Waals surface area contributed by atoms with Gasteiger partial charge in [0.15, 0.2) is 16.7 Å². The van der Waals surface area contributed by atoms with Gasteiger partial charge in [-0.1, -0.05) is 23.2 Å². The maximum atomic E-state index is 13.6. The zero-order valence-electron chi connectivity index (χ0n) is 8.75. The highest BCUT2D eigenvalue weighted by Crippen LogP contribution is 2.27. The quantitative estimate of drug-likeness (QED) is 0.784. The second kappa shape index (κ2) is 4.85. The van der Waals surface area contributed by atoms with Gasteiger partial charge in [-0.3, -0.25) is 0 Å². The van der Waals surface area contributed by atoms with Crippen molar-refractivity contribution >= 4 is 23.2 Å². The first-order valence-electron chi connectivity index (χ1n) is 4.64. The van der Waals surface area contributed by atoms with E-state index in [1.54, 1.807) is 0 Å². The van der Waals surface area contributed by atoms with Crippen LogP contribution in [-0.4, -0.2) is 17.1 Å². The van der Waals surface area contributed by atoms with Gasteiger partial charge in [-0.2, -0.15) is 0 Å². The number of nitrogens with zero attached hydrogens (tertiary/aromatic N) is 2. The van der Waals surface area contributed by atoms with Crippen LogP contribution in [0.1, 0.15) is 0 Å². The van der Waals surface area contributed by atoms with Crippen molar-refractivity contribution in [2.75, 3.05) is 7.11 Å². The lowest BCUT2D eigenvalue weighted by atomic mass is 10.2. The number of halogens is 3. The van der Waals surface area contributed by atoms with Gasteiger partial charge in [-0.05, 0) is 18.2 Å². The Balaban J connectivity index is 2.53. The first-order chi connectivity index (χ1) is 8.11. The molecule has 0 aliphatic carbocycles. The summed E-state index contributed by atoms with van der Waals surface area (Å²) in [4.78, 5) is 7.91. The Hall–Kier alpha value is -1.39. The molecule has 88 valence electrons. The minimum atomic E-state index is -0.462. The molecule has 0 N–H and O–H groups in total. The van der Waals surface area contributed by atoms with Crippen molar-refractivity contribution in [3.63, 3.8) is 0 Å². The third-order valence-electron chi connectivity index (χ3n) is 2.10. The van der Waals surface area contributed by atoms with Gasteiger partial charge < -0.3 is 4.74 Å². The van der Waals surface area contributed by atoms with Gasteiger partial charge in [0.2, 0.25) is 0 Å². The third kappa shape index (κ3) is 2.48. The molecular formula is C11H7Cl2FN2O. The summed E-state index contributed by atoms with van der Waals surface area (Å²) >= 11 is 11.6. The van der Waals surface area contributed by atoms with Gasteiger partial charge in [0.25, 0.3) is 0 Å². The maximum Gasteiger partial charge on any atom is 0.175 e. The van der Waals surface area contributed by atoms with E-state index in [1.807, 2.05) is 0 Å². The molecule has 0 spiro atoms. The van der Waals surface area contributed by atoms with Crippen molar-refractivity contribution in [1.82, 2.24) is 9.97 Å². The Morgan fingerprint density at radius 1 is 1.29 bits per heavy atom. The number of benzene rings is 1. The predicted octanol–water partition coefficient (Wildman–Crippen LogP) is 3.60. The van der Waals surface area contributed by atoms with E-state index in [2.05, 4.69) is 9.97 Å². The van der Waals surface area contributed by atoms with Crippen molar-refractivity contribution < 1.29 is 9.13 Å². The smallest absolute Gasteiger partial charge is 0.175 e. The number of hydrogen-bond acceptors (Lipinski definition) is 3. The summed E-state index contributed by atoms with van der Waals surface area (Å²) in [6.45, 7) is 0. The molecule has 0 atom stereocenters. The molecule has 0 unspecified atom stereocenters. The van der Waals surface area contributed by atoms with Crippen molar-refractivity contribution in [3.8, 4) is 17.1 Å². The molecule has 0 saturated heterocycles. The van der Waals surface area contributed by atoms with Crippen LogP contribution in [0.3, 0.4) is 0 Å².